The van der Waals surface area contributed by atoms with Gasteiger partial charge in [0.1, 0.15) is 5.78 Å². The van der Waals surface area contributed by atoms with Crippen molar-refractivity contribution >= 4 is 34.6 Å². The number of amides is 1. The quantitative estimate of drug-likeness (QED) is 0.366. The first-order valence-electron chi connectivity index (χ1n) is 7.02. The molecule has 1 N–H and O–H groups in total. The molecule has 0 spiro atoms. The number of ketones is 3. The van der Waals surface area contributed by atoms with Gasteiger partial charge in [-0.15, -0.1) is 0 Å². The summed E-state index contributed by atoms with van der Waals surface area (Å²) in [5, 5.41) is 12.9. The minimum Gasteiger partial charge on any atom is -0.319 e. The number of nitro benzene ring substituents is 1. The second-order valence-corrected chi connectivity index (χ2v) is 5.24. The minimum absolute atomic E-state index is 0.0851. The van der Waals surface area contributed by atoms with Gasteiger partial charge < -0.3 is 5.32 Å². The fraction of sp³-hybridized carbons (Fsp3) is 0.333. The number of non-ortho nitro benzene ring substituents is 1. The number of nitrogens with one attached hydrogen (secondary N) is 1. The number of carbonyl (C=O) groups is 4. The normalized spacial score (nSPS) is 16.9. The van der Waals surface area contributed by atoms with E-state index in [2.05, 4.69) is 5.32 Å². The number of hydrogen-bond donors (Lipinski definition) is 1. The van der Waals surface area contributed by atoms with E-state index in [9.17, 15) is 29.3 Å². The van der Waals surface area contributed by atoms with Crippen LogP contribution >= 0.6 is 0 Å². The van der Waals surface area contributed by atoms with E-state index in [4.69, 9.17) is 0 Å². The van der Waals surface area contributed by atoms with Gasteiger partial charge in [-0.2, -0.15) is 0 Å². The summed E-state index contributed by atoms with van der Waals surface area (Å²) < 4.78 is 0. The number of anilines is 1. The molecule has 1 aromatic carbocycles. The third-order valence-corrected chi connectivity index (χ3v) is 3.60. The van der Waals surface area contributed by atoms with Gasteiger partial charge in [0.05, 0.1) is 17.3 Å². The van der Waals surface area contributed by atoms with Gasteiger partial charge in [-0.05, 0) is 18.9 Å². The Balaban J connectivity index is 1.96. The minimum atomic E-state index is -1.04. The molecular formula is C15H14N2O6. The van der Waals surface area contributed by atoms with Crippen LogP contribution in [0, 0.1) is 16.0 Å². The van der Waals surface area contributed by atoms with E-state index >= 15 is 0 Å². The second kappa shape index (κ2) is 6.91. The molecule has 1 fully saturated rings. The molecule has 0 aliphatic heterocycles. The summed E-state index contributed by atoms with van der Waals surface area (Å²) in [6.07, 6.45) is 0.711. The SMILES string of the molecule is O=C(CC(=O)C1CCCC1=O)C(=O)Nc1cccc([N+](=O)[O-])c1. The lowest BCUT2D eigenvalue weighted by Crippen LogP contribution is -2.28. The van der Waals surface area contributed by atoms with Crippen LogP contribution in [-0.2, 0) is 19.2 Å². The van der Waals surface area contributed by atoms with Gasteiger partial charge in [-0.3, -0.25) is 29.3 Å². The Morgan fingerprint density at radius 1 is 1.30 bits per heavy atom. The predicted molar refractivity (Wildman–Crippen MR) is 78.7 cm³/mol. The van der Waals surface area contributed by atoms with Crippen LogP contribution in [0.3, 0.4) is 0 Å². The summed E-state index contributed by atoms with van der Waals surface area (Å²) in [5.41, 5.74) is -0.148. The molecule has 0 saturated heterocycles. The summed E-state index contributed by atoms with van der Waals surface area (Å²) >= 11 is 0. The predicted octanol–water partition coefficient (Wildman–Crippen LogP) is 1.43. The molecule has 1 saturated carbocycles. The average molecular weight is 318 g/mol. The van der Waals surface area contributed by atoms with Crippen LogP contribution in [0.25, 0.3) is 0 Å². The third kappa shape index (κ3) is 4.06. The van der Waals surface area contributed by atoms with Crippen LogP contribution in [0.5, 0.6) is 0 Å². The average Bonchev–Trinajstić information content (AvgIpc) is 2.93. The number of nitro groups is 1. The molecule has 23 heavy (non-hydrogen) atoms. The first kappa shape index (κ1) is 16.5. The van der Waals surface area contributed by atoms with Crippen molar-refractivity contribution in [1.82, 2.24) is 0 Å². The maximum atomic E-state index is 11.9. The van der Waals surface area contributed by atoms with E-state index < -0.39 is 34.7 Å². The molecule has 1 aliphatic rings. The van der Waals surface area contributed by atoms with E-state index in [1.165, 1.54) is 18.2 Å². The smallest absolute Gasteiger partial charge is 0.292 e. The number of benzene rings is 1. The summed E-state index contributed by atoms with van der Waals surface area (Å²) in [7, 11) is 0. The molecule has 8 nitrogen and oxygen atoms in total. The van der Waals surface area contributed by atoms with Gasteiger partial charge in [-0.1, -0.05) is 6.07 Å². The third-order valence-electron chi connectivity index (χ3n) is 3.60. The van der Waals surface area contributed by atoms with Crippen molar-refractivity contribution in [2.75, 3.05) is 5.32 Å². The lowest BCUT2D eigenvalue weighted by atomic mass is 9.97. The molecule has 1 atom stereocenters. The first-order chi connectivity index (χ1) is 10.9. The molecule has 1 amide bonds. The Labute approximate surface area is 131 Å². The Kier molecular flexibility index (Phi) is 4.95. The van der Waals surface area contributed by atoms with Crippen LogP contribution in [0.15, 0.2) is 24.3 Å². The largest absolute Gasteiger partial charge is 0.319 e. The molecule has 1 unspecified atom stereocenters. The van der Waals surface area contributed by atoms with Gasteiger partial charge in [0.15, 0.2) is 5.78 Å². The highest BCUT2D eigenvalue weighted by Gasteiger charge is 2.32. The van der Waals surface area contributed by atoms with Gasteiger partial charge in [0.2, 0.25) is 5.78 Å². The first-order valence-corrected chi connectivity index (χ1v) is 7.02. The highest BCUT2D eigenvalue weighted by Crippen LogP contribution is 2.23. The molecule has 2 rings (SSSR count). The monoisotopic (exact) mass is 318 g/mol. The maximum absolute atomic E-state index is 11.9. The number of nitrogens with zero attached hydrogens (tertiary/aromatic N) is 1. The van der Waals surface area contributed by atoms with Crippen LogP contribution in [-0.4, -0.2) is 28.2 Å². The molecule has 1 aromatic rings. The number of carbonyl (C=O) groups excluding carboxylic acids is 4. The number of hydrogen-bond acceptors (Lipinski definition) is 6. The van der Waals surface area contributed by atoms with Crippen molar-refractivity contribution in [2.24, 2.45) is 5.92 Å². The molecule has 0 heterocycles. The Bertz CT molecular complexity index is 697. The zero-order chi connectivity index (χ0) is 17.0. The van der Waals surface area contributed by atoms with Gasteiger partial charge >= 0.3 is 0 Å². The van der Waals surface area contributed by atoms with Crippen molar-refractivity contribution in [1.29, 1.82) is 0 Å². The Morgan fingerprint density at radius 3 is 2.65 bits per heavy atom. The van der Waals surface area contributed by atoms with Crippen LogP contribution in [0.1, 0.15) is 25.7 Å². The Morgan fingerprint density at radius 2 is 2.04 bits per heavy atom. The number of rotatable bonds is 6. The highest BCUT2D eigenvalue weighted by molar-refractivity contribution is 6.43. The molecule has 120 valence electrons. The second-order valence-electron chi connectivity index (χ2n) is 5.24. The van der Waals surface area contributed by atoms with E-state index in [0.717, 1.165) is 6.07 Å². The fourth-order valence-electron chi connectivity index (χ4n) is 2.42. The lowest BCUT2D eigenvalue weighted by Gasteiger charge is -2.07. The van der Waals surface area contributed by atoms with E-state index in [0.29, 0.717) is 19.3 Å². The topological polar surface area (TPSA) is 123 Å². The van der Waals surface area contributed by atoms with E-state index in [-0.39, 0.29) is 17.2 Å². The van der Waals surface area contributed by atoms with Gasteiger partial charge in [-0.25, -0.2) is 0 Å². The molecule has 0 bridgehead atoms. The molecule has 1 aliphatic carbocycles. The fourth-order valence-corrected chi connectivity index (χ4v) is 2.42. The van der Waals surface area contributed by atoms with Crippen molar-refractivity contribution in [2.45, 2.75) is 25.7 Å². The molecule has 8 heteroatoms. The highest BCUT2D eigenvalue weighted by atomic mass is 16.6. The standard InChI is InChI=1S/C15H14N2O6/c18-12-6-2-5-11(12)13(19)8-14(20)15(21)16-9-3-1-4-10(7-9)17(22)23/h1,3-4,7,11H,2,5-6,8H2,(H,16,21). The van der Waals surface area contributed by atoms with E-state index in [1.807, 2.05) is 0 Å². The van der Waals surface area contributed by atoms with Crippen LogP contribution in [0.2, 0.25) is 0 Å². The Hall–Kier alpha value is -2.90. The summed E-state index contributed by atoms with van der Waals surface area (Å²) in [6.45, 7) is 0. The molecule has 0 aromatic heterocycles. The lowest BCUT2D eigenvalue weighted by molar-refractivity contribution is -0.384. The molecular weight excluding hydrogens is 304 g/mol. The summed E-state index contributed by atoms with van der Waals surface area (Å²) in [4.78, 5) is 56.9. The van der Waals surface area contributed by atoms with Crippen molar-refractivity contribution in [3.8, 4) is 0 Å². The zero-order valence-electron chi connectivity index (χ0n) is 12.1. The molecule has 0 radical (unpaired) electrons. The van der Waals surface area contributed by atoms with Crippen molar-refractivity contribution < 1.29 is 24.1 Å². The number of Topliss-reactive ketones (excluding diaryl/α,β-unsaturated/α-hetero) is 3. The zero-order valence-corrected chi connectivity index (χ0v) is 12.1. The van der Waals surface area contributed by atoms with Gasteiger partial charge in [0.25, 0.3) is 11.6 Å². The maximum Gasteiger partial charge on any atom is 0.292 e. The summed E-state index contributed by atoms with van der Waals surface area (Å²) in [5.74, 6) is -3.54. The summed E-state index contributed by atoms with van der Waals surface area (Å²) in [6, 6.07) is 5.10. The van der Waals surface area contributed by atoms with Crippen molar-refractivity contribution in [3.63, 3.8) is 0 Å². The van der Waals surface area contributed by atoms with Crippen LogP contribution < -0.4 is 5.32 Å². The van der Waals surface area contributed by atoms with Crippen LogP contribution in [0.4, 0.5) is 11.4 Å². The van der Waals surface area contributed by atoms with Crippen molar-refractivity contribution in [3.05, 3.63) is 34.4 Å². The van der Waals surface area contributed by atoms with Gasteiger partial charge in [0, 0.05) is 24.2 Å². The van der Waals surface area contributed by atoms with E-state index in [1.54, 1.807) is 0 Å².